The van der Waals surface area contributed by atoms with Crippen LogP contribution in [0.25, 0.3) is 5.82 Å². The van der Waals surface area contributed by atoms with Gasteiger partial charge in [-0.15, -0.1) is 0 Å². The van der Waals surface area contributed by atoms with Gasteiger partial charge in [0.25, 0.3) is 0 Å². The zero-order valence-electron chi connectivity index (χ0n) is 84.7. The fourth-order valence-electron chi connectivity index (χ4n) is 9.90. The average Bonchev–Trinajstić information content (AvgIpc) is 1.55. The van der Waals surface area contributed by atoms with Crippen molar-refractivity contribution in [2.75, 3.05) is 115 Å². The Balaban J connectivity index is -0.00000157. The Morgan fingerprint density at radius 1 is 0.372 bits per heavy atom. The van der Waals surface area contributed by atoms with E-state index < -0.39 is 0 Å². The number of nitrogens with one attached hydrogen (secondary N) is 1. The fraction of sp³-hybridized carbons (Fsp3) is 0.275. The summed E-state index contributed by atoms with van der Waals surface area (Å²) in [7, 11) is 7.21. The van der Waals surface area contributed by atoms with Gasteiger partial charge in [0.2, 0.25) is 11.8 Å². The molecule has 16 heterocycles. The monoisotopic (exact) mass is 3190 g/mol. The van der Waals surface area contributed by atoms with Crippen LogP contribution in [0.5, 0.6) is 11.8 Å². The van der Waals surface area contributed by atoms with E-state index in [9.17, 15) is 0 Å². The number of benzene rings is 2. The van der Waals surface area contributed by atoms with Crippen molar-refractivity contribution in [3.05, 3.63) is 334 Å². The first-order chi connectivity index (χ1) is 69.9. The molecule has 0 radical (unpaired) electrons. The minimum absolute atomic E-state index is 0. The molecule has 57 heteroatoms. The van der Waals surface area contributed by atoms with Gasteiger partial charge in [-0.1, -0.05) is 93.9 Å². The number of halogens is 18. The molecule has 2 fully saturated rings. The van der Waals surface area contributed by atoms with Crippen molar-refractivity contribution in [1.29, 1.82) is 0 Å². The molecule has 0 atom stereocenters. The number of piperazine rings is 1. The van der Waals surface area contributed by atoms with Crippen molar-refractivity contribution in [1.82, 2.24) is 144 Å². The van der Waals surface area contributed by atoms with Gasteiger partial charge in [-0.2, -0.15) is 0 Å². The standard InChI is InChI=1S/C15H17BrN4.C12H17N.C10H16BrN3O.C7H5BrN4.C6H8BrN3.C5H6BrN3.C5H5BrN2O.6C4H2Br2N2.C4H5N.C3H8O.3Na.3H/c16-14-10-18-15(11-17-14)20-8-6-19(7-9-20)12-13-4-2-1-3-5-13;1-3-7-12(8-4-1)11-13-9-5-2-6-10-13;1-3-14(4-2)5-6-15-10-8-12-9(11)7-13-10;8-6-3-11-7(4-10-6)12-2-1-9-5-12;1-10(2)6-4-8-5(7)3-9-6;1-7-5-3-8-4(6)2-9-5;1-9-5-3-7-4(6)2-8-5;6*5-3-1-7-4(6)2-8-3;1-2-4-5-3-1;1-2-3-4;;;;;;/h1-5,10-11H,6-9,12H2;1,3-4,7-8H,2,5-6,9-11H2;7-8H,3-6H2,1-2H3;1-5H;3-4H,1-2H3;2-3H,1H3,(H,7,9);2-3H,1H3;6*1-2H;1,3-4H,2H2;4H,2-3H2,1H3;;;;;;/q;;;;;;;;;;;;;;;3*+1;3*-1. The van der Waals surface area contributed by atoms with E-state index in [2.05, 4.69) is 516 Å². The molecule has 3 aliphatic rings. The number of aliphatic hydroxyl groups excluding tert-OH is 1. The Morgan fingerprint density at radius 2 is 0.696 bits per heavy atom. The van der Waals surface area contributed by atoms with Crippen LogP contribution < -0.4 is 113 Å². The van der Waals surface area contributed by atoms with Gasteiger partial charge in [-0.25, -0.2) is 125 Å². The molecule has 0 saturated carbocycles. The van der Waals surface area contributed by atoms with Crippen LogP contribution in [-0.2, 0) is 13.1 Å². The molecule has 18 rings (SSSR count). The molecule has 148 heavy (non-hydrogen) atoms. The topological polar surface area (TPSA) is 406 Å². The van der Waals surface area contributed by atoms with Gasteiger partial charge >= 0.3 is 88.7 Å². The number of rotatable bonds is 16. The van der Waals surface area contributed by atoms with Crippen molar-refractivity contribution in [3.8, 4) is 17.6 Å². The number of allylic oxidation sites excluding steroid dienone is 1. The van der Waals surface area contributed by atoms with E-state index >= 15 is 0 Å². The second-order valence-corrected chi connectivity index (χ2v) is 42.2. The third kappa shape index (κ3) is 73.1. The molecule has 2 aromatic carbocycles. The third-order valence-electron chi connectivity index (χ3n) is 16.8. The number of hydrogen-bond acceptors (Lipinski definition) is 35. The van der Waals surface area contributed by atoms with E-state index in [0.717, 1.165) is 173 Å². The maximum Gasteiger partial charge on any atom is 1.00 e. The molecule has 0 aliphatic carbocycles. The predicted octanol–water partition coefficient (Wildman–Crippen LogP) is 17.2. The van der Waals surface area contributed by atoms with Crippen LogP contribution in [0.4, 0.5) is 17.5 Å². The number of ether oxygens (including phenoxy) is 2. The van der Waals surface area contributed by atoms with E-state index in [0.29, 0.717) is 29.6 Å². The largest absolute Gasteiger partial charge is 1.00 e. The number of aliphatic imine (C=N–C) groups is 1. The van der Waals surface area contributed by atoms with E-state index in [4.69, 9.17) is 14.6 Å². The summed E-state index contributed by atoms with van der Waals surface area (Å²) in [5.41, 5.74) is 2.83. The zero-order valence-corrected chi connectivity index (χ0v) is 116. The number of likely N-dealkylation sites (tertiary alicyclic amines) is 1. The first kappa shape index (κ1) is 143. The van der Waals surface area contributed by atoms with Gasteiger partial charge < -0.3 is 38.9 Å². The first-order valence-corrected chi connectivity index (χ1v) is 57.1. The Bertz CT molecular complexity index is 5340. The van der Waals surface area contributed by atoms with Crippen LogP contribution in [0.3, 0.4) is 0 Å². The Labute approximate surface area is 1080 Å². The zero-order chi connectivity index (χ0) is 106. The number of aliphatic hydroxyl groups is 1. The Kier molecular flexibility index (Phi) is 87.1. The van der Waals surface area contributed by atoms with Gasteiger partial charge in [0.1, 0.15) is 113 Å². The van der Waals surface area contributed by atoms with Crippen LogP contribution >= 0.6 is 287 Å². The van der Waals surface area contributed by atoms with Crippen LogP contribution in [-0.4, -0.2) is 256 Å². The Hall–Kier alpha value is -3.50. The minimum Gasteiger partial charge on any atom is -1.00 e. The SMILES string of the molecule is Brc1cnc(-n2ccnc2)cn1.Brc1cnc(Br)cn1.Brc1cnc(Br)cn1.Brc1cnc(Br)cn1.Brc1cnc(Br)cn1.Brc1cnc(Br)cn1.Brc1cnc(Br)cn1.Brc1cnc(N2CCN(Cc3ccccc3)CC2)cn1.C1=CN=CC1.CCCO.CCN(CC)CCOc1cnc(Br)cn1.CN(C)c1cnc(Br)cn1.CNc1cnc(Br)cn1.COc1cnc(Br)cn1.[H-].[H-].[H-].[Na+].[Na+].[Na+].c1ccc(CN2CCCCC2)cc1. The molecule has 0 amide bonds. The number of anilines is 3. The molecular weight excluding hydrogens is 3110 g/mol. The van der Waals surface area contributed by atoms with E-state index in [1.54, 1.807) is 180 Å². The van der Waals surface area contributed by atoms with E-state index in [1.807, 2.05) is 50.6 Å². The molecule has 36 nitrogen and oxygen atoms in total. The number of hydrogen-bond donors (Lipinski definition) is 2. The second kappa shape index (κ2) is 90.4. The van der Waals surface area contributed by atoms with Crippen molar-refractivity contribution >= 4 is 310 Å². The average molecular weight is 3210 g/mol. The number of imidazole rings is 1. The van der Waals surface area contributed by atoms with Crippen molar-refractivity contribution in [2.24, 2.45) is 4.99 Å². The van der Waals surface area contributed by atoms with Gasteiger partial charge in [0.05, 0.1) is 156 Å². The molecule has 0 unspecified atom stereocenters. The maximum absolute atomic E-state index is 7.88. The molecule has 778 valence electrons. The second-order valence-electron chi connectivity index (χ2n) is 27.6. The summed E-state index contributed by atoms with van der Waals surface area (Å²) in [6.07, 6.45) is 56.5. The Morgan fingerprint density at radius 3 is 0.959 bits per heavy atom. The third-order valence-corrected chi connectivity index (χ3v) is 24.2. The van der Waals surface area contributed by atoms with E-state index in [-0.39, 0.29) is 93.0 Å². The molecular formula is C91H102Br18N33Na3O3. The minimum atomic E-state index is 0. The smallest absolute Gasteiger partial charge is 1.00 e. The summed E-state index contributed by atoms with van der Waals surface area (Å²) in [5, 5.41) is 10.7. The number of likely N-dealkylation sites (N-methyl/N-ethyl adjacent to an activating group) is 1. The summed E-state index contributed by atoms with van der Waals surface area (Å²) in [6.45, 7) is 19.1. The van der Waals surface area contributed by atoms with Gasteiger partial charge in [-0.05, 0) is 343 Å². The molecule has 2 saturated heterocycles. The molecule has 0 bridgehead atoms. The predicted molar refractivity (Wildman–Crippen MR) is 636 cm³/mol. The first-order valence-electron chi connectivity index (χ1n) is 42.8. The van der Waals surface area contributed by atoms with Gasteiger partial charge in [0, 0.05) is 105 Å². The van der Waals surface area contributed by atoms with Gasteiger partial charge in [-0.3, -0.25) is 19.4 Å². The van der Waals surface area contributed by atoms with Crippen LogP contribution in [0.15, 0.2) is 328 Å². The molecule has 0 spiro atoms. The van der Waals surface area contributed by atoms with Crippen molar-refractivity contribution < 1.29 is 108 Å². The van der Waals surface area contributed by atoms with Crippen LogP contribution in [0.1, 0.15) is 68.3 Å². The fourth-order valence-corrected chi connectivity index (χ4v) is 13.6. The number of nitrogens with zero attached hydrogens (tertiary/aromatic N) is 32. The number of piperidine rings is 1. The summed E-state index contributed by atoms with van der Waals surface area (Å²) in [6, 6.07) is 21.4. The number of methoxy groups -OCH3 is 1. The maximum atomic E-state index is 7.88. The molecule has 2 N–H and O–H groups in total. The molecule has 13 aromatic heterocycles. The summed E-state index contributed by atoms with van der Waals surface area (Å²) < 4.78 is 25.5. The number of aromatic nitrogens is 26. The van der Waals surface area contributed by atoms with Crippen LogP contribution in [0.2, 0.25) is 0 Å². The summed E-state index contributed by atoms with van der Waals surface area (Å²) in [4.78, 5) is 115. The summed E-state index contributed by atoms with van der Waals surface area (Å²) >= 11 is 57.1. The molecule has 3 aliphatic heterocycles. The molecule has 15 aromatic rings. The van der Waals surface area contributed by atoms with Crippen molar-refractivity contribution in [2.45, 2.75) is 66.0 Å². The van der Waals surface area contributed by atoms with E-state index in [1.165, 1.54) is 43.5 Å². The summed E-state index contributed by atoms with van der Waals surface area (Å²) in [5.74, 6) is 4.47. The quantitative estimate of drug-likeness (QED) is 0.0848. The van der Waals surface area contributed by atoms with Gasteiger partial charge in [0.15, 0.2) is 5.82 Å². The van der Waals surface area contributed by atoms with Crippen LogP contribution in [0, 0.1) is 0 Å². The normalized spacial score (nSPS) is 11.3. The van der Waals surface area contributed by atoms with Crippen molar-refractivity contribution in [3.63, 3.8) is 0 Å².